The number of carbonyl (C=O) groups excluding carboxylic acids is 1. The summed E-state index contributed by atoms with van der Waals surface area (Å²) in [6.07, 6.45) is 3.01. The number of Topliss-reactive ketones (excluding diaryl/α,β-unsaturated/α-hetero) is 1. The highest BCUT2D eigenvalue weighted by molar-refractivity contribution is 5.78. The zero-order valence-electron chi connectivity index (χ0n) is 11.0. The molecule has 0 aliphatic rings. The largest absolute Gasteiger partial charge is 0.508 e. The highest BCUT2D eigenvalue weighted by Crippen LogP contribution is 2.32. The smallest absolute Gasteiger partial charge is 0.132 e. The van der Waals surface area contributed by atoms with E-state index in [0.717, 1.165) is 24.0 Å². The van der Waals surface area contributed by atoms with Crippen LogP contribution in [0, 0.1) is 6.92 Å². The van der Waals surface area contributed by atoms with E-state index >= 15 is 0 Å². The molecule has 0 aliphatic carbocycles. The summed E-state index contributed by atoms with van der Waals surface area (Å²) in [5.41, 5.74) is 2.13. The van der Waals surface area contributed by atoms with Gasteiger partial charge in [-0.25, -0.2) is 0 Å². The Morgan fingerprint density at radius 1 is 1.35 bits per heavy atom. The third kappa shape index (κ3) is 3.88. The molecule has 0 aliphatic heterocycles. The molecule has 17 heavy (non-hydrogen) atoms. The van der Waals surface area contributed by atoms with Crippen molar-refractivity contribution >= 4 is 5.78 Å². The third-order valence-corrected chi connectivity index (χ3v) is 3.28. The molecule has 94 valence electrons. The van der Waals surface area contributed by atoms with Gasteiger partial charge in [0.2, 0.25) is 0 Å². The van der Waals surface area contributed by atoms with Crippen molar-refractivity contribution in [3.05, 3.63) is 29.3 Å². The van der Waals surface area contributed by atoms with E-state index in [1.807, 2.05) is 26.0 Å². The summed E-state index contributed by atoms with van der Waals surface area (Å²) < 4.78 is 0. The first-order chi connectivity index (χ1) is 8.08. The molecule has 1 unspecified atom stereocenters. The summed E-state index contributed by atoms with van der Waals surface area (Å²) in [5.74, 6) is 0.937. The van der Waals surface area contributed by atoms with E-state index in [9.17, 15) is 9.90 Å². The number of aromatic hydroxyl groups is 1. The fraction of sp³-hybridized carbons (Fsp3) is 0.533. The predicted molar refractivity (Wildman–Crippen MR) is 70.4 cm³/mol. The number of phenolic OH excluding ortho intramolecular Hbond substituents is 1. The third-order valence-electron chi connectivity index (χ3n) is 3.28. The molecule has 1 atom stereocenters. The Kier molecular flexibility index (Phi) is 5.20. The predicted octanol–water partition coefficient (Wildman–Crippen LogP) is 3.95. The Hall–Kier alpha value is -1.31. The number of hydrogen-bond donors (Lipinski definition) is 1. The van der Waals surface area contributed by atoms with E-state index in [2.05, 4.69) is 6.92 Å². The van der Waals surface area contributed by atoms with E-state index < -0.39 is 0 Å². The van der Waals surface area contributed by atoms with Crippen LogP contribution in [0.25, 0.3) is 0 Å². The van der Waals surface area contributed by atoms with Crippen molar-refractivity contribution in [1.82, 2.24) is 0 Å². The summed E-state index contributed by atoms with van der Waals surface area (Å²) in [7, 11) is 0. The fourth-order valence-electron chi connectivity index (χ4n) is 2.09. The molecule has 0 amide bonds. The van der Waals surface area contributed by atoms with Crippen LogP contribution < -0.4 is 0 Å². The number of hydrogen-bond acceptors (Lipinski definition) is 2. The molecule has 2 nitrogen and oxygen atoms in total. The number of rotatable bonds is 6. The minimum absolute atomic E-state index is 0.283. The van der Waals surface area contributed by atoms with Gasteiger partial charge in [0.05, 0.1) is 0 Å². The molecule has 0 saturated carbocycles. The maximum atomic E-state index is 11.4. The van der Waals surface area contributed by atoms with E-state index in [4.69, 9.17) is 0 Å². The van der Waals surface area contributed by atoms with E-state index in [1.165, 1.54) is 0 Å². The van der Waals surface area contributed by atoms with Gasteiger partial charge in [-0.05, 0) is 37.3 Å². The Bertz CT molecular complexity index is 383. The van der Waals surface area contributed by atoms with Gasteiger partial charge in [0, 0.05) is 12.8 Å². The molecule has 1 aromatic rings. The van der Waals surface area contributed by atoms with Gasteiger partial charge in [-0.15, -0.1) is 0 Å². The van der Waals surface area contributed by atoms with Gasteiger partial charge in [0.15, 0.2) is 0 Å². The summed E-state index contributed by atoms with van der Waals surface area (Å²) >= 11 is 0. The number of benzene rings is 1. The molecule has 0 bridgehead atoms. The van der Waals surface area contributed by atoms with Crippen LogP contribution in [0.3, 0.4) is 0 Å². The van der Waals surface area contributed by atoms with Crippen molar-refractivity contribution in [2.45, 2.75) is 52.4 Å². The average molecular weight is 234 g/mol. The summed E-state index contributed by atoms with van der Waals surface area (Å²) in [6.45, 7) is 6.02. The molecule has 0 spiro atoms. The lowest BCUT2D eigenvalue weighted by molar-refractivity contribution is -0.118. The number of carbonyl (C=O) groups is 1. The number of aryl methyl sites for hydroxylation is 1. The van der Waals surface area contributed by atoms with Crippen LogP contribution in [0.15, 0.2) is 18.2 Å². The normalized spacial score (nSPS) is 12.4. The van der Waals surface area contributed by atoms with Crippen LogP contribution in [-0.4, -0.2) is 10.9 Å². The fourth-order valence-corrected chi connectivity index (χ4v) is 2.09. The minimum Gasteiger partial charge on any atom is -0.508 e. The maximum Gasteiger partial charge on any atom is 0.132 e. The quantitative estimate of drug-likeness (QED) is 0.809. The van der Waals surface area contributed by atoms with Crippen molar-refractivity contribution in [2.75, 3.05) is 0 Å². The Balaban J connectivity index is 2.78. The first-order valence-electron chi connectivity index (χ1n) is 6.39. The summed E-state index contributed by atoms with van der Waals surface area (Å²) in [5, 5.41) is 9.87. The van der Waals surface area contributed by atoms with Gasteiger partial charge < -0.3 is 5.11 Å². The summed E-state index contributed by atoms with van der Waals surface area (Å²) in [6, 6.07) is 5.68. The molecular formula is C15H22O2. The second kappa shape index (κ2) is 6.43. The minimum atomic E-state index is 0.283. The maximum absolute atomic E-state index is 11.4. The molecule has 0 saturated heterocycles. The zero-order valence-corrected chi connectivity index (χ0v) is 11.0. The highest BCUT2D eigenvalue weighted by Gasteiger charge is 2.14. The van der Waals surface area contributed by atoms with Crippen LogP contribution in [0.2, 0.25) is 0 Å². The van der Waals surface area contributed by atoms with Gasteiger partial charge >= 0.3 is 0 Å². The molecule has 1 N–H and O–H groups in total. The molecule has 1 rings (SSSR count). The Morgan fingerprint density at radius 3 is 2.65 bits per heavy atom. The van der Waals surface area contributed by atoms with E-state index in [0.29, 0.717) is 24.4 Å². The molecule has 0 heterocycles. The Morgan fingerprint density at radius 2 is 2.06 bits per heavy atom. The zero-order chi connectivity index (χ0) is 12.8. The van der Waals surface area contributed by atoms with Gasteiger partial charge in [-0.1, -0.05) is 31.5 Å². The van der Waals surface area contributed by atoms with Crippen molar-refractivity contribution < 1.29 is 9.90 Å². The van der Waals surface area contributed by atoms with Crippen LogP contribution in [0.4, 0.5) is 0 Å². The molecule has 2 heteroatoms. The van der Waals surface area contributed by atoms with Crippen LogP contribution in [-0.2, 0) is 4.79 Å². The van der Waals surface area contributed by atoms with Crippen molar-refractivity contribution in [3.8, 4) is 5.75 Å². The standard InChI is InChI=1S/C15H22O2/c1-4-12(7-8-13(16)5-2)14-10-11(3)6-9-15(14)17/h6,9-10,12,17H,4-5,7-8H2,1-3H3. The lowest BCUT2D eigenvalue weighted by Gasteiger charge is -2.16. The van der Waals surface area contributed by atoms with E-state index in [1.54, 1.807) is 6.07 Å². The van der Waals surface area contributed by atoms with Gasteiger partial charge in [-0.3, -0.25) is 4.79 Å². The highest BCUT2D eigenvalue weighted by atomic mass is 16.3. The average Bonchev–Trinajstić information content (AvgIpc) is 2.33. The topological polar surface area (TPSA) is 37.3 Å². The van der Waals surface area contributed by atoms with Gasteiger partial charge in [0.25, 0.3) is 0 Å². The van der Waals surface area contributed by atoms with Crippen LogP contribution in [0.5, 0.6) is 5.75 Å². The number of ketones is 1. The number of phenols is 1. The second-order valence-electron chi connectivity index (χ2n) is 4.60. The van der Waals surface area contributed by atoms with Crippen LogP contribution >= 0.6 is 0 Å². The first-order valence-corrected chi connectivity index (χ1v) is 6.39. The first kappa shape index (κ1) is 13.8. The second-order valence-corrected chi connectivity index (χ2v) is 4.60. The molecule has 0 fully saturated rings. The summed E-state index contributed by atoms with van der Waals surface area (Å²) in [4.78, 5) is 11.4. The van der Waals surface area contributed by atoms with E-state index in [-0.39, 0.29) is 5.92 Å². The SMILES string of the molecule is CCC(=O)CCC(CC)c1cc(C)ccc1O. The molecular weight excluding hydrogens is 212 g/mol. The Labute approximate surface area is 104 Å². The van der Waals surface area contributed by atoms with Gasteiger partial charge in [-0.2, -0.15) is 0 Å². The van der Waals surface area contributed by atoms with Crippen molar-refractivity contribution in [3.63, 3.8) is 0 Å². The van der Waals surface area contributed by atoms with Gasteiger partial charge in [0.1, 0.15) is 11.5 Å². The monoisotopic (exact) mass is 234 g/mol. The molecule has 1 aromatic carbocycles. The lowest BCUT2D eigenvalue weighted by Crippen LogP contribution is -2.03. The molecule has 0 aromatic heterocycles. The molecule has 0 radical (unpaired) electrons. The lowest BCUT2D eigenvalue weighted by atomic mass is 9.89. The van der Waals surface area contributed by atoms with Crippen LogP contribution in [0.1, 0.15) is 56.6 Å². The van der Waals surface area contributed by atoms with Crippen molar-refractivity contribution in [1.29, 1.82) is 0 Å². The van der Waals surface area contributed by atoms with Crippen molar-refractivity contribution in [2.24, 2.45) is 0 Å².